The van der Waals surface area contributed by atoms with Crippen molar-refractivity contribution >= 4 is 5.91 Å². The number of hydrogen-bond donors (Lipinski definition) is 3. The lowest BCUT2D eigenvalue weighted by Crippen LogP contribution is -2.38. The molecule has 8 heteroatoms. The van der Waals surface area contributed by atoms with Gasteiger partial charge in [-0.1, -0.05) is 0 Å². The lowest BCUT2D eigenvalue weighted by atomic mass is 9.99. The van der Waals surface area contributed by atoms with Crippen LogP contribution < -0.4 is 21.5 Å². The highest BCUT2D eigenvalue weighted by atomic mass is 19.2. The van der Waals surface area contributed by atoms with Gasteiger partial charge in [0, 0.05) is 30.3 Å². The van der Waals surface area contributed by atoms with Gasteiger partial charge >= 0.3 is 0 Å². The molecular weight excluding hydrogens is 344 g/mol. The second-order valence-corrected chi connectivity index (χ2v) is 5.85. The van der Waals surface area contributed by atoms with E-state index in [1.54, 1.807) is 6.92 Å². The number of amides is 1. The first-order chi connectivity index (χ1) is 12.5. The number of nitrogens with two attached hydrogens (primary N) is 2. The van der Waals surface area contributed by atoms with Crippen LogP contribution in [0.4, 0.5) is 8.78 Å². The van der Waals surface area contributed by atoms with E-state index in [4.69, 9.17) is 15.2 Å². The number of nitrogens with one attached hydrogen (secondary N) is 1. The number of carbonyl (C=O) groups excluding carboxylic acids is 1. The smallest absolute Gasteiger partial charge is 0.248 e. The third kappa shape index (κ3) is 6.97. The van der Waals surface area contributed by atoms with E-state index >= 15 is 0 Å². The minimum atomic E-state index is -0.926. The van der Waals surface area contributed by atoms with Gasteiger partial charge in [0.15, 0.2) is 11.6 Å². The highest BCUT2D eigenvalue weighted by Crippen LogP contribution is 2.21. The Morgan fingerprint density at radius 1 is 1.35 bits per heavy atom. The molecule has 2 atom stereocenters. The first-order valence-electron chi connectivity index (χ1n) is 8.43. The number of rotatable bonds is 6. The Balaban J connectivity index is 0.00000163. The molecule has 0 spiro atoms. The third-order valence-electron chi connectivity index (χ3n) is 3.94. The number of halogens is 2. The summed E-state index contributed by atoms with van der Waals surface area (Å²) in [4.78, 5) is 11.6. The van der Waals surface area contributed by atoms with Crippen molar-refractivity contribution in [1.82, 2.24) is 5.32 Å². The average molecular weight is 371 g/mol. The van der Waals surface area contributed by atoms with Crippen molar-refractivity contribution < 1.29 is 23.0 Å². The Morgan fingerprint density at radius 2 is 2.08 bits per heavy atom. The Kier molecular flexibility index (Phi) is 9.61. The molecule has 1 aliphatic rings. The Bertz CT molecular complexity index is 603. The largest absolute Gasteiger partial charge is 0.493 e. The van der Waals surface area contributed by atoms with Gasteiger partial charge in [-0.3, -0.25) is 4.79 Å². The monoisotopic (exact) mass is 371 g/mol. The molecule has 0 aromatic heterocycles. The highest BCUT2D eigenvalue weighted by molar-refractivity contribution is 5.92. The molecule has 1 amide bonds. The highest BCUT2D eigenvalue weighted by Gasteiger charge is 2.23. The van der Waals surface area contributed by atoms with Crippen LogP contribution in [0.25, 0.3) is 0 Å². The van der Waals surface area contributed by atoms with Crippen LogP contribution in [0.2, 0.25) is 0 Å². The molecule has 2 rings (SSSR count). The summed E-state index contributed by atoms with van der Waals surface area (Å²) in [5, 5.41) is 2.77. The molecule has 0 saturated carbocycles. The lowest BCUT2D eigenvalue weighted by molar-refractivity contribution is -0.118. The molecule has 0 aliphatic carbocycles. The van der Waals surface area contributed by atoms with Crippen molar-refractivity contribution in [3.05, 3.63) is 41.6 Å². The van der Waals surface area contributed by atoms with E-state index in [0.717, 1.165) is 25.0 Å². The quantitative estimate of drug-likeness (QED) is 0.661. The summed E-state index contributed by atoms with van der Waals surface area (Å²) in [6, 6.07) is 3.47. The van der Waals surface area contributed by atoms with Crippen LogP contribution >= 0.6 is 0 Å². The number of ether oxygens (including phenoxy) is 2. The molecular formula is C18H27F2N3O3. The van der Waals surface area contributed by atoms with Crippen molar-refractivity contribution in [1.29, 1.82) is 0 Å². The Hall–Kier alpha value is -2.19. The van der Waals surface area contributed by atoms with E-state index in [9.17, 15) is 13.6 Å². The van der Waals surface area contributed by atoms with Gasteiger partial charge in [0.25, 0.3) is 0 Å². The van der Waals surface area contributed by atoms with Crippen molar-refractivity contribution in [2.75, 3.05) is 26.8 Å². The van der Waals surface area contributed by atoms with Crippen LogP contribution in [0.5, 0.6) is 5.75 Å². The predicted octanol–water partition coefficient (Wildman–Crippen LogP) is 1.69. The Labute approximate surface area is 152 Å². The van der Waals surface area contributed by atoms with E-state index in [0.29, 0.717) is 31.1 Å². The summed E-state index contributed by atoms with van der Waals surface area (Å²) in [7, 11) is 1.50. The molecule has 1 aliphatic heterocycles. The molecule has 146 valence electrons. The summed E-state index contributed by atoms with van der Waals surface area (Å²) in [5.41, 5.74) is 10.2. The van der Waals surface area contributed by atoms with Gasteiger partial charge in [-0.05, 0) is 38.9 Å². The molecule has 1 saturated heterocycles. The maximum absolute atomic E-state index is 13.1. The maximum atomic E-state index is 13.1. The molecule has 0 radical (unpaired) electrons. The standard InChI is InChI=1S/C17H22F2N2O3.CH5N/c1-11(7-20)17(22)21-8-14-3-2-12(10-24-14)9-23-13-4-5-15(18)16(19)6-13;1-2/h4-7,12,14H,2-3,8-10,20H2,1H3,(H,21,22);2H2,1H3/b11-7+;. The fourth-order valence-electron chi connectivity index (χ4n) is 2.36. The normalized spacial score (nSPS) is 20.0. The van der Waals surface area contributed by atoms with E-state index in [1.165, 1.54) is 19.3 Å². The van der Waals surface area contributed by atoms with Crippen molar-refractivity contribution in [3.63, 3.8) is 0 Å². The Morgan fingerprint density at radius 3 is 2.65 bits per heavy atom. The van der Waals surface area contributed by atoms with E-state index in [2.05, 4.69) is 11.1 Å². The van der Waals surface area contributed by atoms with Gasteiger partial charge in [0.05, 0.1) is 19.3 Å². The molecule has 5 N–H and O–H groups in total. The first-order valence-corrected chi connectivity index (χ1v) is 8.43. The number of carbonyl (C=O) groups is 1. The van der Waals surface area contributed by atoms with Crippen LogP contribution in [0.1, 0.15) is 19.8 Å². The lowest BCUT2D eigenvalue weighted by Gasteiger charge is -2.29. The zero-order chi connectivity index (χ0) is 19.5. The molecule has 0 bridgehead atoms. The molecule has 2 unspecified atom stereocenters. The minimum absolute atomic E-state index is 0.0426. The SMILES string of the molecule is C/C(=C\N)C(=O)NCC1CCC(COc2ccc(F)c(F)c2)CO1.CN. The predicted molar refractivity (Wildman–Crippen MR) is 95.4 cm³/mol. The minimum Gasteiger partial charge on any atom is -0.493 e. The second kappa shape index (κ2) is 11.4. The van der Waals surface area contributed by atoms with Crippen LogP contribution in [-0.4, -0.2) is 38.8 Å². The third-order valence-corrected chi connectivity index (χ3v) is 3.94. The van der Waals surface area contributed by atoms with Gasteiger partial charge in [-0.25, -0.2) is 8.78 Å². The molecule has 26 heavy (non-hydrogen) atoms. The average Bonchev–Trinajstić information content (AvgIpc) is 2.68. The van der Waals surface area contributed by atoms with Crippen molar-refractivity contribution in [2.24, 2.45) is 17.4 Å². The summed E-state index contributed by atoms with van der Waals surface area (Å²) in [5.74, 6) is -1.55. The molecule has 1 aromatic carbocycles. The topological polar surface area (TPSA) is 99.6 Å². The summed E-state index contributed by atoms with van der Waals surface area (Å²) in [6.45, 7) is 2.94. The molecule has 1 heterocycles. The van der Waals surface area contributed by atoms with Crippen LogP contribution in [0, 0.1) is 17.6 Å². The summed E-state index contributed by atoms with van der Waals surface area (Å²) < 4.78 is 37.1. The fraction of sp³-hybridized carbons (Fsp3) is 0.500. The number of hydrogen-bond acceptors (Lipinski definition) is 5. The van der Waals surface area contributed by atoms with Gasteiger partial charge < -0.3 is 26.3 Å². The maximum Gasteiger partial charge on any atom is 0.248 e. The number of benzene rings is 1. The zero-order valence-electron chi connectivity index (χ0n) is 15.1. The van der Waals surface area contributed by atoms with E-state index in [-0.39, 0.29) is 17.9 Å². The molecule has 6 nitrogen and oxygen atoms in total. The second-order valence-electron chi connectivity index (χ2n) is 5.85. The van der Waals surface area contributed by atoms with Gasteiger partial charge in [-0.2, -0.15) is 0 Å². The van der Waals surface area contributed by atoms with Gasteiger partial charge in [-0.15, -0.1) is 0 Å². The summed E-state index contributed by atoms with van der Waals surface area (Å²) >= 11 is 0. The van der Waals surface area contributed by atoms with Gasteiger partial charge in [0.1, 0.15) is 5.75 Å². The van der Waals surface area contributed by atoms with Gasteiger partial charge in [0.2, 0.25) is 5.91 Å². The zero-order valence-corrected chi connectivity index (χ0v) is 15.1. The van der Waals surface area contributed by atoms with Crippen molar-refractivity contribution in [3.8, 4) is 5.75 Å². The van der Waals surface area contributed by atoms with E-state index < -0.39 is 11.6 Å². The van der Waals surface area contributed by atoms with E-state index in [1.807, 2.05) is 0 Å². The van der Waals surface area contributed by atoms with Crippen LogP contribution in [-0.2, 0) is 9.53 Å². The van der Waals surface area contributed by atoms with Crippen LogP contribution in [0.15, 0.2) is 30.0 Å². The summed E-state index contributed by atoms with van der Waals surface area (Å²) in [6.07, 6.45) is 2.88. The first kappa shape index (κ1) is 21.9. The molecule has 1 fully saturated rings. The van der Waals surface area contributed by atoms with Crippen LogP contribution in [0.3, 0.4) is 0 Å². The fourth-order valence-corrected chi connectivity index (χ4v) is 2.36. The molecule has 1 aromatic rings. The van der Waals surface area contributed by atoms with Crippen molar-refractivity contribution in [2.45, 2.75) is 25.9 Å².